The van der Waals surface area contributed by atoms with Crippen molar-refractivity contribution in [3.63, 3.8) is 0 Å². The van der Waals surface area contributed by atoms with Crippen LogP contribution in [0.25, 0.3) is 10.9 Å². The summed E-state index contributed by atoms with van der Waals surface area (Å²) >= 11 is 0. The fourth-order valence-corrected chi connectivity index (χ4v) is 2.94. The van der Waals surface area contributed by atoms with Crippen LogP contribution in [0, 0.1) is 31.3 Å². The van der Waals surface area contributed by atoms with Gasteiger partial charge in [-0.3, -0.25) is 9.59 Å². The van der Waals surface area contributed by atoms with Crippen molar-refractivity contribution in [2.45, 2.75) is 20.3 Å². The van der Waals surface area contributed by atoms with Gasteiger partial charge in [-0.25, -0.2) is 13.2 Å². The lowest BCUT2D eigenvalue weighted by Gasteiger charge is -2.09. The highest BCUT2D eigenvalue weighted by molar-refractivity contribution is 5.96. The lowest BCUT2D eigenvalue weighted by Crippen LogP contribution is -2.34. The van der Waals surface area contributed by atoms with Crippen LogP contribution in [0.1, 0.15) is 16.8 Å². The van der Waals surface area contributed by atoms with Crippen LogP contribution in [-0.2, 0) is 16.0 Å². The number of aryl methyl sites for hydroxylation is 2. The first-order valence-electron chi connectivity index (χ1n) is 8.54. The van der Waals surface area contributed by atoms with E-state index < -0.39 is 41.5 Å². The minimum Gasteiger partial charge on any atom is -0.358 e. The quantitative estimate of drug-likeness (QED) is 0.585. The maximum Gasteiger partial charge on any atom is 0.243 e. The molecule has 0 fully saturated rings. The van der Waals surface area contributed by atoms with E-state index in [4.69, 9.17) is 0 Å². The smallest absolute Gasteiger partial charge is 0.243 e. The standard InChI is InChI=1S/C20H18F3N3O2/c1-10-3-5-15-13(7-10)12(11(2)25-15)8-17(27)24-9-18(28)26-16-6-4-14(21)19(22)20(16)23/h3-7,25H,8-9H2,1-2H3,(H,24,27)(H,26,28). The third-order valence-corrected chi connectivity index (χ3v) is 4.37. The number of rotatable bonds is 5. The zero-order chi connectivity index (χ0) is 20.4. The average molecular weight is 389 g/mol. The SMILES string of the molecule is Cc1ccc2[nH]c(C)c(CC(=O)NCC(=O)Nc3ccc(F)c(F)c3F)c2c1. The minimum absolute atomic E-state index is 0.0576. The summed E-state index contributed by atoms with van der Waals surface area (Å²) in [5.41, 5.74) is 3.15. The first kappa shape index (κ1) is 19.5. The molecule has 3 N–H and O–H groups in total. The molecule has 0 saturated heterocycles. The van der Waals surface area contributed by atoms with Crippen molar-refractivity contribution in [3.8, 4) is 0 Å². The molecule has 0 radical (unpaired) electrons. The molecule has 2 aromatic carbocycles. The monoisotopic (exact) mass is 389 g/mol. The number of amides is 2. The highest BCUT2D eigenvalue weighted by Crippen LogP contribution is 2.24. The number of halogens is 3. The fraction of sp³-hybridized carbons (Fsp3) is 0.200. The van der Waals surface area contributed by atoms with Gasteiger partial charge in [-0.05, 0) is 43.7 Å². The molecule has 1 aromatic heterocycles. The number of H-pyrrole nitrogens is 1. The van der Waals surface area contributed by atoms with Crippen molar-refractivity contribution in [2.75, 3.05) is 11.9 Å². The summed E-state index contributed by atoms with van der Waals surface area (Å²) in [6.07, 6.45) is 0.0576. The van der Waals surface area contributed by atoms with E-state index in [1.54, 1.807) is 0 Å². The molecule has 3 aromatic rings. The first-order chi connectivity index (χ1) is 13.3. The van der Waals surface area contributed by atoms with Crippen LogP contribution < -0.4 is 10.6 Å². The molecular formula is C20H18F3N3O2. The van der Waals surface area contributed by atoms with Crippen molar-refractivity contribution >= 4 is 28.4 Å². The number of aromatic nitrogens is 1. The molecule has 0 atom stereocenters. The zero-order valence-electron chi connectivity index (χ0n) is 15.3. The molecule has 0 aliphatic rings. The molecule has 5 nitrogen and oxygen atoms in total. The summed E-state index contributed by atoms with van der Waals surface area (Å²) < 4.78 is 39.7. The number of carbonyl (C=O) groups is 2. The van der Waals surface area contributed by atoms with Crippen molar-refractivity contribution in [3.05, 3.63) is 64.6 Å². The predicted octanol–water partition coefficient (Wildman–Crippen LogP) is 3.50. The zero-order valence-corrected chi connectivity index (χ0v) is 15.3. The number of nitrogens with one attached hydrogen (secondary N) is 3. The van der Waals surface area contributed by atoms with E-state index in [9.17, 15) is 22.8 Å². The van der Waals surface area contributed by atoms with Gasteiger partial charge in [-0.15, -0.1) is 0 Å². The molecule has 2 amide bonds. The van der Waals surface area contributed by atoms with Gasteiger partial charge in [0.2, 0.25) is 11.8 Å². The Hall–Kier alpha value is -3.29. The molecule has 3 rings (SSSR count). The maximum absolute atomic E-state index is 13.6. The van der Waals surface area contributed by atoms with E-state index in [0.29, 0.717) is 6.07 Å². The summed E-state index contributed by atoms with van der Waals surface area (Å²) in [7, 11) is 0. The summed E-state index contributed by atoms with van der Waals surface area (Å²) in [4.78, 5) is 27.3. The molecule has 1 heterocycles. The topological polar surface area (TPSA) is 74.0 Å². The van der Waals surface area contributed by atoms with Crippen LogP contribution in [0.5, 0.6) is 0 Å². The van der Waals surface area contributed by atoms with Gasteiger partial charge >= 0.3 is 0 Å². The number of fused-ring (bicyclic) bond motifs is 1. The van der Waals surface area contributed by atoms with Gasteiger partial charge < -0.3 is 15.6 Å². The van der Waals surface area contributed by atoms with Gasteiger partial charge in [0.15, 0.2) is 17.5 Å². The number of hydrogen-bond acceptors (Lipinski definition) is 2. The van der Waals surface area contributed by atoms with Gasteiger partial charge in [0.25, 0.3) is 0 Å². The normalized spacial score (nSPS) is 10.9. The Labute approximate surface area is 158 Å². The molecule has 0 bridgehead atoms. The predicted molar refractivity (Wildman–Crippen MR) is 99.4 cm³/mol. The van der Waals surface area contributed by atoms with E-state index in [1.807, 2.05) is 32.0 Å². The molecule has 0 unspecified atom stereocenters. The Balaban J connectivity index is 1.62. The second-order valence-electron chi connectivity index (χ2n) is 6.50. The number of hydrogen-bond donors (Lipinski definition) is 3. The molecular weight excluding hydrogens is 371 g/mol. The Morgan fingerprint density at radius 2 is 1.75 bits per heavy atom. The first-order valence-corrected chi connectivity index (χ1v) is 8.54. The van der Waals surface area contributed by atoms with Crippen LogP contribution in [0.3, 0.4) is 0 Å². The lowest BCUT2D eigenvalue weighted by atomic mass is 10.1. The molecule has 0 saturated carbocycles. The molecule has 0 aliphatic heterocycles. The van der Waals surface area contributed by atoms with E-state index in [-0.39, 0.29) is 6.42 Å². The third-order valence-electron chi connectivity index (χ3n) is 4.37. The van der Waals surface area contributed by atoms with Crippen molar-refractivity contribution < 1.29 is 22.8 Å². The highest BCUT2D eigenvalue weighted by atomic mass is 19.2. The van der Waals surface area contributed by atoms with Gasteiger partial charge in [0, 0.05) is 16.6 Å². The summed E-state index contributed by atoms with van der Waals surface area (Å²) in [6, 6.07) is 7.48. The summed E-state index contributed by atoms with van der Waals surface area (Å²) in [5, 5.41) is 5.47. The third kappa shape index (κ3) is 4.00. The Morgan fingerprint density at radius 3 is 2.50 bits per heavy atom. The van der Waals surface area contributed by atoms with Crippen LogP contribution >= 0.6 is 0 Å². The molecule has 146 valence electrons. The minimum atomic E-state index is -1.67. The van der Waals surface area contributed by atoms with E-state index >= 15 is 0 Å². The maximum atomic E-state index is 13.6. The molecule has 28 heavy (non-hydrogen) atoms. The van der Waals surface area contributed by atoms with E-state index in [2.05, 4.69) is 15.6 Å². The summed E-state index contributed by atoms with van der Waals surface area (Å²) in [5.74, 6) is -5.68. The second-order valence-corrected chi connectivity index (χ2v) is 6.50. The van der Waals surface area contributed by atoms with Gasteiger partial charge in [-0.1, -0.05) is 11.6 Å². The van der Waals surface area contributed by atoms with Gasteiger partial charge in [-0.2, -0.15) is 0 Å². The molecule has 8 heteroatoms. The number of benzene rings is 2. The number of anilines is 1. The van der Waals surface area contributed by atoms with Crippen molar-refractivity contribution in [1.29, 1.82) is 0 Å². The number of aromatic amines is 1. The van der Waals surface area contributed by atoms with Gasteiger partial charge in [0.05, 0.1) is 18.7 Å². The molecule has 0 spiro atoms. The largest absolute Gasteiger partial charge is 0.358 e. The fourth-order valence-electron chi connectivity index (χ4n) is 2.94. The van der Waals surface area contributed by atoms with Gasteiger partial charge in [0.1, 0.15) is 0 Å². The Morgan fingerprint density at radius 1 is 1.00 bits per heavy atom. The Kier molecular flexibility index (Phi) is 5.39. The van der Waals surface area contributed by atoms with E-state index in [0.717, 1.165) is 33.8 Å². The molecule has 0 aliphatic carbocycles. The van der Waals surface area contributed by atoms with Crippen molar-refractivity contribution in [1.82, 2.24) is 10.3 Å². The van der Waals surface area contributed by atoms with Crippen LogP contribution in [0.15, 0.2) is 30.3 Å². The average Bonchev–Trinajstić information content (AvgIpc) is 2.95. The van der Waals surface area contributed by atoms with Crippen LogP contribution in [0.4, 0.5) is 18.9 Å². The Bertz CT molecular complexity index is 1080. The number of carbonyl (C=O) groups excluding carboxylic acids is 2. The van der Waals surface area contributed by atoms with Crippen LogP contribution in [-0.4, -0.2) is 23.3 Å². The van der Waals surface area contributed by atoms with Crippen molar-refractivity contribution in [2.24, 2.45) is 0 Å². The summed E-state index contributed by atoms with van der Waals surface area (Å²) in [6.45, 7) is 3.38. The van der Waals surface area contributed by atoms with E-state index in [1.165, 1.54) is 0 Å². The highest BCUT2D eigenvalue weighted by Gasteiger charge is 2.16. The second kappa shape index (κ2) is 7.75. The van der Waals surface area contributed by atoms with Crippen LogP contribution in [0.2, 0.25) is 0 Å². The lowest BCUT2D eigenvalue weighted by molar-refractivity contribution is -0.123.